The van der Waals surface area contributed by atoms with Crippen molar-refractivity contribution in [3.63, 3.8) is 0 Å². The Morgan fingerprint density at radius 1 is 1.21 bits per heavy atom. The summed E-state index contributed by atoms with van der Waals surface area (Å²) in [4.78, 5) is 22.9. The number of hydrogen-bond acceptors (Lipinski definition) is 3. The van der Waals surface area contributed by atoms with Crippen molar-refractivity contribution in [1.29, 1.82) is 0 Å². The van der Waals surface area contributed by atoms with Gasteiger partial charge in [0.2, 0.25) is 5.91 Å². The summed E-state index contributed by atoms with van der Waals surface area (Å²) in [5.74, 6) is -1.49. The van der Waals surface area contributed by atoms with Gasteiger partial charge in [0, 0.05) is 27.3 Å². The molecule has 0 aromatic heterocycles. The summed E-state index contributed by atoms with van der Waals surface area (Å²) in [7, 11) is -1.45. The van der Waals surface area contributed by atoms with Crippen molar-refractivity contribution in [2.45, 2.75) is 12.7 Å². The minimum atomic E-state index is -1.45. The van der Waals surface area contributed by atoms with Crippen molar-refractivity contribution < 1.29 is 18.9 Å². The van der Waals surface area contributed by atoms with Crippen LogP contribution in [0.2, 0.25) is 5.02 Å². The van der Waals surface area contributed by atoms with Crippen LogP contribution in [0.25, 0.3) is 0 Å². The standard InChI is InChI=1S/C17H16ClNO4S/c1-11-14(18)6-3-7-15(11)19-16(20)10-24(23)9-12-4-2-5-13(8-12)17(21)22/h2-8H,9-10H2,1H3,(H,19,20)(H,21,22). The molecular formula is C17H16ClNO4S. The second kappa shape index (κ2) is 8.08. The number of nitrogens with one attached hydrogen (secondary N) is 1. The molecule has 2 rings (SSSR count). The van der Waals surface area contributed by atoms with Gasteiger partial charge < -0.3 is 10.4 Å². The first kappa shape index (κ1) is 18.2. The normalized spacial score (nSPS) is 11.8. The molecular weight excluding hydrogens is 350 g/mol. The van der Waals surface area contributed by atoms with Gasteiger partial charge in [-0.1, -0.05) is 29.8 Å². The first-order valence-corrected chi connectivity index (χ1v) is 8.95. The van der Waals surface area contributed by atoms with Gasteiger partial charge in [-0.3, -0.25) is 9.00 Å². The van der Waals surface area contributed by atoms with Crippen molar-refractivity contribution in [3.8, 4) is 0 Å². The van der Waals surface area contributed by atoms with Crippen molar-refractivity contribution in [2.75, 3.05) is 11.1 Å². The van der Waals surface area contributed by atoms with Gasteiger partial charge in [-0.25, -0.2) is 4.79 Å². The number of hydrogen-bond donors (Lipinski definition) is 2. The molecule has 5 nitrogen and oxygen atoms in total. The quantitative estimate of drug-likeness (QED) is 0.823. The van der Waals surface area contributed by atoms with Crippen LogP contribution in [0.4, 0.5) is 5.69 Å². The van der Waals surface area contributed by atoms with Crippen LogP contribution >= 0.6 is 11.6 Å². The highest BCUT2D eigenvalue weighted by atomic mass is 35.5. The smallest absolute Gasteiger partial charge is 0.335 e. The molecule has 2 aromatic rings. The van der Waals surface area contributed by atoms with Crippen molar-refractivity contribution in [3.05, 3.63) is 64.2 Å². The number of carbonyl (C=O) groups excluding carboxylic acids is 1. The number of amides is 1. The fourth-order valence-electron chi connectivity index (χ4n) is 2.11. The molecule has 0 aliphatic rings. The summed E-state index contributed by atoms with van der Waals surface area (Å²) in [6.45, 7) is 1.78. The van der Waals surface area contributed by atoms with E-state index in [1.54, 1.807) is 37.3 Å². The molecule has 0 heterocycles. The first-order valence-electron chi connectivity index (χ1n) is 7.09. The van der Waals surface area contributed by atoms with Crippen LogP contribution < -0.4 is 5.32 Å². The molecule has 0 spiro atoms. The van der Waals surface area contributed by atoms with Crippen LogP contribution in [-0.4, -0.2) is 26.9 Å². The molecule has 126 valence electrons. The lowest BCUT2D eigenvalue weighted by Gasteiger charge is -2.09. The zero-order valence-electron chi connectivity index (χ0n) is 12.9. The number of carbonyl (C=O) groups is 2. The summed E-state index contributed by atoms with van der Waals surface area (Å²) in [5, 5.41) is 12.2. The SMILES string of the molecule is Cc1c(Cl)cccc1NC(=O)CS(=O)Cc1cccc(C(=O)O)c1. The maximum absolute atomic E-state index is 12.1. The predicted molar refractivity (Wildman–Crippen MR) is 94.9 cm³/mol. The highest BCUT2D eigenvalue weighted by Gasteiger charge is 2.12. The van der Waals surface area contributed by atoms with Gasteiger partial charge in [-0.15, -0.1) is 0 Å². The van der Waals surface area contributed by atoms with Crippen LogP contribution in [0, 0.1) is 6.92 Å². The van der Waals surface area contributed by atoms with E-state index >= 15 is 0 Å². The summed E-state index contributed by atoms with van der Waals surface area (Å²) in [6.07, 6.45) is 0. The van der Waals surface area contributed by atoms with E-state index in [4.69, 9.17) is 16.7 Å². The number of carboxylic acids is 1. The van der Waals surface area contributed by atoms with Crippen LogP contribution in [0.1, 0.15) is 21.5 Å². The minimum Gasteiger partial charge on any atom is -0.478 e. The Hall–Kier alpha value is -2.18. The van der Waals surface area contributed by atoms with Crippen molar-refractivity contribution >= 4 is 40.0 Å². The van der Waals surface area contributed by atoms with Gasteiger partial charge in [0.25, 0.3) is 0 Å². The fraction of sp³-hybridized carbons (Fsp3) is 0.176. The molecule has 0 fully saturated rings. The van der Waals surface area contributed by atoms with E-state index in [-0.39, 0.29) is 23.0 Å². The Balaban J connectivity index is 1.97. The van der Waals surface area contributed by atoms with E-state index in [1.807, 2.05) is 0 Å². The van der Waals surface area contributed by atoms with E-state index in [0.29, 0.717) is 16.3 Å². The average molecular weight is 366 g/mol. The van der Waals surface area contributed by atoms with Gasteiger partial charge >= 0.3 is 5.97 Å². The number of halogens is 1. The zero-order valence-corrected chi connectivity index (χ0v) is 14.5. The highest BCUT2D eigenvalue weighted by Crippen LogP contribution is 2.22. The van der Waals surface area contributed by atoms with Gasteiger partial charge in [-0.05, 0) is 42.3 Å². The lowest BCUT2D eigenvalue weighted by atomic mass is 10.1. The number of aromatic carboxylic acids is 1. The summed E-state index contributed by atoms with van der Waals surface area (Å²) in [5.41, 5.74) is 2.06. The fourth-order valence-corrected chi connectivity index (χ4v) is 3.30. The van der Waals surface area contributed by atoms with E-state index in [0.717, 1.165) is 5.56 Å². The average Bonchev–Trinajstić information content (AvgIpc) is 2.51. The Morgan fingerprint density at radius 3 is 2.62 bits per heavy atom. The Morgan fingerprint density at radius 2 is 1.92 bits per heavy atom. The number of anilines is 1. The number of benzene rings is 2. The lowest BCUT2D eigenvalue weighted by molar-refractivity contribution is -0.113. The topological polar surface area (TPSA) is 83.5 Å². The molecule has 24 heavy (non-hydrogen) atoms. The molecule has 0 saturated heterocycles. The summed E-state index contributed by atoms with van der Waals surface area (Å²) in [6, 6.07) is 11.4. The van der Waals surface area contributed by atoms with Crippen LogP contribution in [0.3, 0.4) is 0 Å². The van der Waals surface area contributed by atoms with Crippen molar-refractivity contribution in [1.82, 2.24) is 0 Å². The van der Waals surface area contributed by atoms with Gasteiger partial charge in [-0.2, -0.15) is 0 Å². The zero-order chi connectivity index (χ0) is 17.7. The summed E-state index contributed by atoms with van der Waals surface area (Å²) < 4.78 is 12.1. The second-order valence-electron chi connectivity index (χ2n) is 5.19. The predicted octanol–water partition coefficient (Wildman–Crippen LogP) is 3.23. The maximum Gasteiger partial charge on any atom is 0.335 e. The Kier molecular flexibility index (Phi) is 6.11. The number of carboxylic acid groups (broad SMARTS) is 1. The molecule has 0 bridgehead atoms. The highest BCUT2D eigenvalue weighted by molar-refractivity contribution is 7.84. The first-order chi connectivity index (χ1) is 11.4. The molecule has 1 atom stereocenters. The molecule has 2 aromatic carbocycles. The third-order valence-corrected chi connectivity index (χ3v) is 4.98. The van der Waals surface area contributed by atoms with Crippen LogP contribution in [-0.2, 0) is 21.3 Å². The summed E-state index contributed by atoms with van der Waals surface area (Å²) >= 11 is 5.99. The Bertz CT molecular complexity index is 807. The van der Waals surface area contributed by atoms with Gasteiger partial charge in [0.1, 0.15) is 5.75 Å². The second-order valence-corrected chi connectivity index (χ2v) is 7.06. The van der Waals surface area contributed by atoms with Gasteiger partial charge in [0.15, 0.2) is 0 Å². The maximum atomic E-state index is 12.1. The molecule has 0 aliphatic heterocycles. The van der Waals surface area contributed by atoms with Crippen LogP contribution in [0.15, 0.2) is 42.5 Å². The van der Waals surface area contributed by atoms with E-state index in [1.165, 1.54) is 12.1 Å². The third-order valence-electron chi connectivity index (χ3n) is 3.34. The molecule has 0 saturated carbocycles. The minimum absolute atomic E-state index is 0.114. The van der Waals surface area contributed by atoms with Crippen molar-refractivity contribution in [2.24, 2.45) is 0 Å². The molecule has 0 aliphatic carbocycles. The largest absolute Gasteiger partial charge is 0.478 e. The molecule has 1 amide bonds. The van der Waals surface area contributed by atoms with E-state index in [9.17, 15) is 13.8 Å². The van der Waals surface area contributed by atoms with Crippen LogP contribution in [0.5, 0.6) is 0 Å². The molecule has 1 unspecified atom stereocenters. The molecule has 2 N–H and O–H groups in total. The third kappa shape index (κ3) is 4.91. The molecule has 0 radical (unpaired) electrons. The Labute approximate surface area is 147 Å². The van der Waals surface area contributed by atoms with Gasteiger partial charge in [0.05, 0.1) is 5.56 Å². The van der Waals surface area contributed by atoms with E-state index < -0.39 is 16.8 Å². The molecule has 7 heteroatoms. The lowest BCUT2D eigenvalue weighted by Crippen LogP contribution is -2.20. The number of rotatable bonds is 6. The monoisotopic (exact) mass is 365 g/mol. The van der Waals surface area contributed by atoms with E-state index in [2.05, 4.69) is 5.32 Å².